The molecule has 70 valence electrons. The van der Waals surface area contributed by atoms with Gasteiger partial charge >= 0.3 is 0 Å². The summed E-state index contributed by atoms with van der Waals surface area (Å²) in [6, 6.07) is 8.44. The van der Waals surface area contributed by atoms with E-state index in [0.717, 1.165) is 6.42 Å². The van der Waals surface area contributed by atoms with E-state index in [4.69, 9.17) is 0 Å². The highest BCUT2D eigenvalue weighted by molar-refractivity contribution is 5.53. The molecule has 0 amide bonds. The fourth-order valence-corrected chi connectivity index (χ4v) is 1.42. The normalized spacial score (nSPS) is 9.77. The van der Waals surface area contributed by atoms with E-state index in [1.54, 1.807) is 0 Å². The molecule has 0 saturated heterocycles. The lowest BCUT2D eigenvalue weighted by Gasteiger charge is -2.17. The van der Waals surface area contributed by atoms with Crippen molar-refractivity contribution < 1.29 is 0 Å². The van der Waals surface area contributed by atoms with Crippen LogP contribution in [0.3, 0.4) is 0 Å². The zero-order chi connectivity index (χ0) is 9.84. The van der Waals surface area contributed by atoms with Gasteiger partial charge in [0, 0.05) is 19.8 Å². The van der Waals surface area contributed by atoms with Gasteiger partial charge in [0.1, 0.15) is 0 Å². The second-order valence-electron chi connectivity index (χ2n) is 3.66. The summed E-state index contributed by atoms with van der Waals surface area (Å²) in [4.78, 5) is 2.14. The molecule has 1 heteroatoms. The predicted octanol–water partition coefficient (Wildman–Crippen LogP) is 2.87. The average molecular weight is 175 g/mol. The van der Waals surface area contributed by atoms with E-state index >= 15 is 0 Å². The van der Waals surface area contributed by atoms with Crippen molar-refractivity contribution in [1.29, 1.82) is 0 Å². The Labute approximate surface area is 80.7 Å². The molecule has 0 aliphatic carbocycles. The van der Waals surface area contributed by atoms with Crippen molar-refractivity contribution >= 4 is 5.69 Å². The van der Waals surface area contributed by atoms with Gasteiger partial charge in [-0.15, -0.1) is 0 Å². The van der Waals surface area contributed by atoms with Crippen LogP contribution in [0.1, 0.15) is 12.5 Å². The van der Waals surface area contributed by atoms with Crippen LogP contribution in [0.5, 0.6) is 0 Å². The van der Waals surface area contributed by atoms with Gasteiger partial charge in [0.2, 0.25) is 0 Å². The molecule has 1 rings (SSSR count). The number of benzene rings is 1. The molecule has 0 unspecified atom stereocenters. The quantitative estimate of drug-likeness (QED) is 0.638. The van der Waals surface area contributed by atoms with Gasteiger partial charge in [0.15, 0.2) is 0 Å². The molecule has 0 aromatic heterocycles. The average Bonchev–Trinajstić information content (AvgIpc) is 2.03. The van der Waals surface area contributed by atoms with Crippen LogP contribution in [-0.2, 0) is 6.42 Å². The Kier molecular flexibility index (Phi) is 3.13. The first-order valence-electron chi connectivity index (χ1n) is 4.51. The molecule has 0 heterocycles. The maximum atomic E-state index is 3.93. The van der Waals surface area contributed by atoms with Crippen LogP contribution in [0.2, 0.25) is 0 Å². The minimum atomic E-state index is 0.967. The Morgan fingerprint density at radius 2 is 1.92 bits per heavy atom. The van der Waals surface area contributed by atoms with E-state index in [1.165, 1.54) is 16.8 Å². The Morgan fingerprint density at radius 3 is 2.46 bits per heavy atom. The van der Waals surface area contributed by atoms with Gasteiger partial charge in [-0.3, -0.25) is 0 Å². The Bertz CT molecular complexity index is 300. The van der Waals surface area contributed by atoms with Crippen molar-refractivity contribution in [1.82, 2.24) is 0 Å². The minimum Gasteiger partial charge on any atom is -0.377 e. The third-order valence-corrected chi connectivity index (χ3v) is 1.97. The lowest BCUT2D eigenvalue weighted by Crippen LogP contribution is -2.11. The second-order valence-corrected chi connectivity index (χ2v) is 3.66. The number of hydrogen-bond acceptors (Lipinski definition) is 1. The third kappa shape index (κ3) is 2.62. The smallest absolute Gasteiger partial charge is 0.0396 e. The van der Waals surface area contributed by atoms with Gasteiger partial charge in [-0.05, 0) is 25.0 Å². The fourth-order valence-electron chi connectivity index (χ4n) is 1.42. The number of anilines is 1. The van der Waals surface area contributed by atoms with Gasteiger partial charge in [-0.2, -0.15) is 0 Å². The lowest BCUT2D eigenvalue weighted by atomic mass is 10.1. The molecule has 1 nitrogen and oxygen atoms in total. The number of para-hydroxylation sites is 1. The molecule has 13 heavy (non-hydrogen) atoms. The van der Waals surface area contributed by atoms with Gasteiger partial charge in [-0.1, -0.05) is 30.4 Å². The molecular weight excluding hydrogens is 158 g/mol. The monoisotopic (exact) mass is 175 g/mol. The number of rotatable bonds is 3. The van der Waals surface area contributed by atoms with Crippen LogP contribution in [-0.4, -0.2) is 14.1 Å². The summed E-state index contributed by atoms with van der Waals surface area (Å²) in [5.41, 5.74) is 3.83. The number of allylic oxidation sites excluding steroid dienone is 1. The van der Waals surface area contributed by atoms with Gasteiger partial charge < -0.3 is 4.90 Å². The van der Waals surface area contributed by atoms with Crippen LogP contribution < -0.4 is 4.90 Å². The zero-order valence-electron chi connectivity index (χ0n) is 8.67. The number of nitrogens with zero attached hydrogens (tertiary/aromatic N) is 1. The van der Waals surface area contributed by atoms with E-state index in [2.05, 4.69) is 56.8 Å². The summed E-state index contributed by atoms with van der Waals surface area (Å²) in [6.07, 6.45) is 0.967. The molecule has 0 N–H and O–H groups in total. The van der Waals surface area contributed by atoms with Crippen molar-refractivity contribution in [3.63, 3.8) is 0 Å². The van der Waals surface area contributed by atoms with Crippen molar-refractivity contribution in [2.24, 2.45) is 0 Å². The molecule has 0 spiro atoms. The largest absolute Gasteiger partial charge is 0.377 e. The van der Waals surface area contributed by atoms with Crippen LogP contribution in [0.15, 0.2) is 36.4 Å². The van der Waals surface area contributed by atoms with Crippen molar-refractivity contribution in [2.45, 2.75) is 13.3 Å². The van der Waals surface area contributed by atoms with E-state index in [-0.39, 0.29) is 0 Å². The molecule has 1 aromatic rings. The highest BCUT2D eigenvalue weighted by Gasteiger charge is 2.02. The summed E-state index contributed by atoms with van der Waals surface area (Å²) in [6.45, 7) is 5.99. The number of hydrogen-bond donors (Lipinski definition) is 0. The fraction of sp³-hybridized carbons (Fsp3) is 0.333. The standard InChI is InChI=1S/C12H17N/c1-10(2)9-11-7-5-6-8-12(11)13(3)4/h5-8H,1,9H2,2-4H3. The summed E-state index contributed by atoms with van der Waals surface area (Å²) in [7, 11) is 4.13. The molecule has 0 aliphatic heterocycles. The van der Waals surface area contributed by atoms with Crippen LogP contribution in [0.25, 0.3) is 0 Å². The predicted molar refractivity (Wildman–Crippen MR) is 59.3 cm³/mol. The second kappa shape index (κ2) is 4.13. The minimum absolute atomic E-state index is 0.967. The molecule has 1 aromatic carbocycles. The summed E-state index contributed by atoms with van der Waals surface area (Å²) < 4.78 is 0. The topological polar surface area (TPSA) is 3.24 Å². The highest BCUT2D eigenvalue weighted by Crippen LogP contribution is 2.20. The molecule has 0 saturated carbocycles. The third-order valence-electron chi connectivity index (χ3n) is 1.97. The van der Waals surface area contributed by atoms with E-state index < -0.39 is 0 Å². The van der Waals surface area contributed by atoms with Gasteiger partial charge in [0.05, 0.1) is 0 Å². The first kappa shape index (κ1) is 9.85. The van der Waals surface area contributed by atoms with Gasteiger partial charge in [0.25, 0.3) is 0 Å². The zero-order valence-corrected chi connectivity index (χ0v) is 8.67. The van der Waals surface area contributed by atoms with Gasteiger partial charge in [-0.25, -0.2) is 0 Å². The summed E-state index contributed by atoms with van der Waals surface area (Å²) >= 11 is 0. The SMILES string of the molecule is C=C(C)Cc1ccccc1N(C)C. The van der Waals surface area contributed by atoms with E-state index in [9.17, 15) is 0 Å². The molecule has 0 radical (unpaired) electrons. The first-order valence-corrected chi connectivity index (χ1v) is 4.51. The maximum absolute atomic E-state index is 3.93. The molecule has 0 aliphatic rings. The summed E-state index contributed by atoms with van der Waals surface area (Å²) in [5, 5.41) is 0. The molecular formula is C12H17N. The first-order chi connectivity index (χ1) is 6.11. The van der Waals surface area contributed by atoms with Crippen molar-refractivity contribution in [3.8, 4) is 0 Å². The summed E-state index contributed by atoms with van der Waals surface area (Å²) in [5.74, 6) is 0. The molecule has 0 fully saturated rings. The molecule has 0 atom stereocenters. The lowest BCUT2D eigenvalue weighted by molar-refractivity contribution is 1.07. The van der Waals surface area contributed by atoms with Crippen LogP contribution >= 0.6 is 0 Å². The Hall–Kier alpha value is -1.24. The van der Waals surface area contributed by atoms with Crippen LogP contribution in [0, 0.1) is 0 Å². The Morgan fingerprint density at radius 1 is 1.31 bits per heavy atom. The Balaban J connectivity index is 2.97. The molecule has 0 bridgehead atoms. The van der Waals surface area contributed by atoms with Crippen molar-refractivity contribution in [3.05, 3.63) is 42.0 Å². The maximum Gasteiger partial charge on any atom is 0.0396 e. The van der Waals surface area contributed by atoms with E-state index in [0.29, 0.717) is 0 Å². The van der Waals surface area contributed by atoms with E-state index in [1.807, 2.05) is 0 Å². The van der Waals surface area contributed by atoms with Crippen LogP contribution in [0.4, 0.5) is 5.69 Å². The van der Waals surface area contributed by atoms with Crippen molar-refractivity contribution in [2.75, 3.05) is 19.0 Å². The highest BCUT2D eigenvalue weighted by atomic mass is 15.1.